The smallest absolute Gasteiger partial charge is 0.338 e. The van der Waals surface area contributed by atoms with E-state index in [0.29, 0.717) is 24.4 Å². The summed E-state index contributed by atoms with van der Waals surface area (Å²) in [5.41, 5.74) is 1.19. The first-order chi connectivity index (χ1) is 14.8. The molecule has 0 aliphatic carbocycles. The van der Waals surface area contributed by atoms with Gasteiger partial charge in [-0.1, -0.05) is 6.07 Å². The minimum atomic E-state index is -4.02. The average Bonchev–Trinajstić information content (AvgIpc) is 3.29. The second kappa shape index (κ2) is 9.38. The molecule has 0 saturated carbocycles. The molecule has 0 bridgehead atoms. The SMILES string of the molecule is CCOC(=O)c1cccc(NS(=O)(=O)c2ccc(OC)c(C(=O)N3CCCC3)c2)c1C. The lowest BCUT2D eigenvalue weighted by Crippen LogP contribution is -2.28. The van der Waals surface area contributed by atoms with Crippen LogP contribution in [0.1, 0.15) is 46.0 Å². The third-order valence-corrected chi connectivity index (χ3v) is 6.54. The molecular formula is C22H26N2O6S. The summed E-state index contributed by atoms with van der Waals surface area (Å²) in [4.78, 5) is 26.6. The number of hydrogen-bond donors (Lipinski definition) is 1. The van der Waals surface area contributed by atoms with Gasteiger partial charge in [-0.3, -0.25) is 9.52 Å². The third kappa shape index (κ3) is 4.82. The van der Waals surface area contributed by atoms with Gasteiger partial charge in [0.25, 0.3) is 15.9 Å². The zero-order valence-corrected chi connectivity index (χ0v) is 18.6. The molecule has 2 aromatic carbocycles. The first-order valence-electron chi connectivity index (χ1n) is 10.1. The largest absolute Gasteiger partial charge is 0.496 e. The molecule has 1 fully saturated rings. The molecule has 0 unspecified atom stereocenters. The number of likely N-dealkylation sites (tertiary alicyclic amines) is 1. The predicted molar refractivity (Wildman–Crippen MR) is 116 cm³/mol. The standard InChI is InChI=1S/C22H26N2O6S/c1-4-30-22(26)17-8-7-9-19(15(17)2)23-31(27,28)16-10-11-20(29-3)18(14-16)21(25)24-12-5-6-13-24/h7-11,14,23H,4-6,12-13H2,1-3H3. The molecule has 1 aliphatic heterocycles. The van der Waals surface area contributed by atoms with E-state index in [-0.39, 0.29) is 34.2 Å². The lowest BCUT2D eigenvalue weighted by atomic mass is 10.1. The van der Waals surface area contributed by atoms with Crippen molar-refractivity contribution in [2.75, 3.05) is 31.5 Å². The molecule has 166 valence electrons. The van der Waals surface area contributed by atoms with Gasteiger partial charge in [-0.2, -0.15) is 0 Å². The van der Waals surface area contributed by atoms with Gasteiger partial charge in [0, 0.05) is 13.1 Å². The molecule has 3 rings (SSSR count). The minimum Gasteiger partial charge on any atom is -0.496 e. The molecule has 31 heavy (non-hydrogen) atoms. The van der Waals surface area contributed by atoms with E-state index in [4.69, 9.17) is 9.47 Å². The number of benzene rings is 2. The van der Waals surface area contributed by atoms with Crippen molar-refractivity contribution < 1.29 is 27.5 Å². The first-order valence-corrected chi connectivity index (χ1v) is 11.5. The summed E-state index contributed by atoms with van der Waals surface area (Å²) in [7, 11) is -2.59. The van der Waals surface area contributed by atoms with Gasteiger partial charge < -0.3 is 14.4 Å². The van der Waals surface area contributed by atoms with Crippen LogP contribution >= 0.6 is 0 Å². The molecule has 0 atom stereocenters. The molecule has 1 amide bonds. The Kier molecular flexibility index (Phi) is 6.84. The van der Waals surface area contributed by atoms with E-state index in [2.05, 4.69) is 4.72 Å². The Morgan fingerprint density at radius 1 is 1.10 bits per heavy atom. The molecule has 1 saturated heterocycles. The lowest BCUT2D eigenvalue weighted by Gasteiger charge is -2.18. The van der Waals surface area contributed by atoms with Crippen molar-refractivity contribution in [1.29, 1.82) is 0 Å². The molecule has 8 nitrogen and oxygen atoms in total. The second-order valence-electron chi connectivity index (χ2n) is 7.17. The first kappa shape index (κ1) is 22.6. The van der Waals surface area contributed by atoms with E-state index in [1.54, 1.807) is 36.9 Å². The summed E-state index contributed by atoms with van der Waals surface area (Å²) >= 11 is 0. The van der Waals surface area contributed by atoms with Crippen molar-refractivity contribution >= 4 is 27.6 Å². The summed E-state index contributed by atoms with van der Waals surface area (Å²) < 4.78 is 38.9. The van der Waals surface area contributed by atoms with Crippen molar-refractivity contribution in [3.8, 4) is 5.75 Å². The molecule has 1 heterocycles. The molecule has 0 radical (unpaired) electrons. The van der Waals surface area contributed by atoms with Crippen molar-refractivity contribution in [2.24, 2.45) is 0 Å². The number of rotatable bonds is 7. The van der Waals surface area contributed by atoms with Crippen LogP contribution in [0.2, 0.25) is 0 Å². The topological polar surface area (TPSA) is 102 Å². The van der Waals surface area contributed by atoms with Gasteiger partial charge in [0.05, 0.1) is 35.4 Å². The number of hydrogen-bond acceptors (Lipinski definition) is 6. The number of anilines is 1. The predicted octanol–water partition coefficient (Wildman–Crippen LogP) is 3.22. The van der Waals surface area contributed by atoms with Crippen LogP contribution in [-0.4, -0.2) is 52.0 Å². The van der Waals surface area contributed by atoms with Crippen LogP contribution in [0.4, 0.5) is 5.69 Å². The number of nitrogens with one attached hydrogen (secondary N) is 1. The van der Waals surface area contributed by atoms with E-state index in [1.165, 1.54) is 25.3 Å². The number of ether oxygens (including phenoxy) is 2. The van der Waals surface area contributed by atoms with E-state index in [9.17, 15) is 18.0 Å². The van der Waals surface area contributed by atoms with Crippen LogP contribution < -0.4 is 9.46 Å². The molecule has 1 N–H and O–H groups in total. The number of nitrogens with zero attached hydrogens (tertiary/aromatic N) is 1. The van der Waals surface area contributed by atoms with E-state index in [1.807, 2.05) is 0 Å². The van der Waals surface area contributed by atoms with Gasteiger partial charge in [0.2, 0.25) is 0 Å². The van der Waals surface area contributed by atoms with Crippen molar-refractivity contribution in [3.05, 3.63) is 53.1 Å². The molecule has 9 heteroatoms. The summed E-state index contributed by atoms with van der Waals surface area (Å²) in [6.07, 6.45) is 1.84. The monoisotopic (exact) mass is 446 g/mol. The molecule has 1 aliphatic rings. The van der Waals surface area contributed by atoms with Gasteiger partial charge in [-0.05, 0) is 62.6 Å². The van der Waals surface area contributed by atoms with Crippen LogP contribution in [0.25, 0.3) is 0 Å². The molecule has 2 aromatic rings. The number of carbonyl (C=O) groups excluding carboxylic acids is 2. The van der Waals surface area contributed by atoms with E-state index in [0.717, 1.165) is 12.8 Å². The Morgan fingerprint density at radius 3 is 2.45 bits per heavy atom. The normalized spacial score (nSPS) is 13.7. The van der Waals surface area contributed by atoms with Gasteiger partial charge in [-0.25, -0.2) is 13.2 Å². The number of carbonyl (C=O) groups is 2. The number of esters is 1. The Bertz CT molecular complexity index is 1090. The molecule has 0 aromatic heterocycles. The Morgan fingerprint density at radius 2 is 1.81 bits per heavy atom. The summed E-state index contributed by atoms with van der Waals surface area (Å²) in [6, 6.07) is 8.90. The molecule has 0 spiro atoms. The van der Waals surface area contributed by atoms with Crippen molar-refractivity contribution in [3.63, 3.8) is 0 Å². The second-order valence-corrected chi connectivity index (χ2v) is 8.85. The zero-order valence-electron chi connectivity index (χ0n) is 17.8. The highest BCUT2D eigenvalue weighted by Gasteiger charge is 2.26. The van der Waals surface area contributed by atoms with E-state index >= 15 is 0 Å². The Labute approximate surface area is 182 Å². The highest BCUT2D eigenvalue weighted by Crippen LogP contribution is 2.28. The molecular weight excluding hydrogens is 420 g/mol. The zero-order chi connectivity index (χ0) is 22.6. The van der Waals surface area contributed by atoms with E-state index < -0.39 is 16.0 Å². The quantitative estimate of drug-likeness (QED) is 0.655. The maximum atomic E-state index is 13.1. The van der Waals surface area contributed by atoms with Crippen LogP contribution in [0.5, 0.6) is 5.75 Å². The third-order valence-electron chi connectivity index (χ3n) is 5.18. The van der Waals surface area contributed by atoms with Gasteiger partial charge >= 0.3 is 5.97 Å². The maximum Gasteiger partial charge on any atom is 0.338 e. The van der Waals surface area contributed by atoms with Crippen molar-refractivity contribution in [2.45, 2.75) is 31.6 Å². The van der Waals surface area contributed by atoms with Gasteiger partial charge in [0.15, 0.2) is 0 Å². The number of sulfonamides is 1. The summed E-state index contributed by atoms with van der Waals surface area (Å²) in [5.74, 6) is -0.466. The van der Waals surface area contributed by atoms with Crippen molar-refractivity contribution in [1.82, 2.24) is 4.90 Å². The van der Waals surface area contributed by atoms with Gasteiger partial charge in [0.1, 0.15) is 5.75 Å². The highest BCUT2D eigenvalue weighted by molar-refractivity contribution is 7.92. The minimum absolute atomic E-state index is 0.0724. The fraction of sp³-hybridized carbons (Fsp3) is 0.364. The van der Waals surface area contributed by atoms with Crippen LogP contribution in [-0.2, 0) is 14.8 Å². The van der Waals surface area contributed by atoms with Gasteiger partial charge in [-0.15, -0.1) is 0 Å². The van der Waals surface area contributed by atoms with Crippen LogP contribution in [0.3, 0.4) is 0 Å². The summed E-state index contributed by atoms with van der Waals surface area (Å²) in [6.45, 7) is 4.83. The summed E-state index contributed by atoms with van der Waals surface area (Å²) in [5, 5.41) is 0. The number of amides is 1. The maximum absolute atomic E-state index is 13.1. The Hall–Kier alpha value is -3.07. The number of methoxy groups -OCH3 is 1. The van der Waals surface area contributed by atoms with Crippen LogP contribution in [0, 0.1) is 6.92 Å². The average molecular weight is 447 g/mol. The fourth-order valence-corrected chi connectivity index (χ4v) is 4.64. The van der Waals surface area contributed by atoms with Crippen LogP contribution in [0.15, 0.2) is 41.3 Å². The lowest BCUT2D eigenvalue weighted by molar-refractivity contribution is 0.0525. The Balaban J connectivity index is 1.94. The highest BCUT2D eigenvalue weighted by atomic mass is 32.2. The fourth-order valence-electron chi connectivity index (χ4n) is 3.49.